The van der Waals surface area contributed by atoms with E-state index in [0.717, 1.165) is 12.1 Å². The van der Waals surface area contributed by atoms with Crippen LogP contribution in [-0.4, -0.2) is 10.9 Å². The molecule has 6 heteroatoms. The Bertz CT molecular complexity index is 656. The largest absolute Gasteiger partial charge is 0.391 e. The lowest BCUT2D eigenvalue weighted by Gasteiger charge is -2.18. The first-order valence-electron chi connectivity index (χ1n) is 6.10. The van der Waals surface area contributed by atoms with Crippen molar-refractivity contribution in [3.05, 3.63) is 71.3 Å². The summed E-state index contributed by atoms with van der Waals surface area (Å²) in [5.74, 6) is -2.79. The Morgan fingerprint density at radius 1 is 1.05 bits per heavy atom. The number of rotatable bonds is 4. The van der Waals surface area contributed by atoms with Gasteiger partial charge in [0.2, 0.25) is 0 Å². The van der Waals surface area contributed by atoms with E-state index in [2.05, 4.69) is 5.32 Å². The Balaban J connectivity index is 2.30. The summed E-state index contributed by atoms with van der Waals surface area (Å²) >= 11 is 4.91. The van der Waals surface area contributed by atoms with E-state index in [1.54, 1.807) is 30.3 Å². The molecular weight excluding hydrogens is 294 g/mol. The molecule has 3 nitrogen and oxygen atoms in total. The Kier molecular flexibility index (Phi) is 4.59. The zero-order chi connectivity index (χ0) is 15.4. The molecule has 1 amide bonds. The van der Waals surface area contributed by atoms with Gasteiger partial charge in [0, 0.05) is 0 Å². The first-order valence-corrected chi connectivity index (χ1v) is 6.50. The number of benzene rings is 2. The molecule has 2 aromatic carbocycles. The van der Waals surface area contributed by atoms with Crippen molar-refractivity contribution >= 4 is 23.1 Å². The molecule has 2 aromatic rings. The molecule has 0 fully saturated rings. The Morgan fingerprint density at radius 3 is 2.14 bits per heavy atom. The van der Waals surface area contributed by atoms with Crippen LogP contribution in [0.3, 0.4) is 0 Å². The van der Waals surface area contributed by atoms with E-state index in [9.17, 15) is 13.6 Å². The van der Waals surface area contributed by atoms with Gasteiger partial charge in [0.1, 0.15) is 28.2 Å². The second kappa shape index (κ2) is 6.41. The third kappa shape index (κ3) is 3.41. The van der Waals surface area contributed by atoms with Crippen LogP contribution in [0.2, 0.25) is 0 Å². The van der Waals surface area contributed by atoms with Crippen molar-refractivity contribution in [3.63, 3.8) is 0 Å². The predicted octanol–water partition coefficient (Wildman–Crippen LogP) is 2.72. The summed E-state index contributed by atoms with van der Waals surface area (Å²) in [4.78, 5) is 12.1. The number of carbonyl (C=O) groups is 1. The first kappa shape index (κ1) is 15.1. The van der Waals surface area contributed by atoms with E-state index in [-0.39, 0.29) is 4.99 Å². The number of carbonyl (C=O) groups excluding carboxylic acids is 1. The average molecular weight is 306 g/mol. The van der Waals surface area contributed by atoms with Gasteiger partial charge in [-0.3, -0.25) is 4.79 Å². The van der Waals surface area contributed by atoms with E-state index < -0.39 is 29.1 Å². The van der Waals surface area contributed by atoms with Crippen LogP contribution < -0.4 is 11.1 Å². The lowest BCUT2D eigenvalue weighted by Crippen LogP contribution is -2.37. The second-order valence-electron chi connectivity index (χ2n) is 4.32. The molecule has 1 unspecified atom stereocenters. The highest BCUT2D eigenvalue weighted by Crippen LogP contribution is 2.17. The summed E-state index contributed by atoms with van der Waals surface area (Å²) in [5.41, 5.74) is 5.58. The topological polar surface area (TPSA) is 55.1 Å². The van der Waals surface area contributed by atoms with Crippen LogP contribution in [0.15, 0.2) is 48.5 Å². The molecule has 0 spiro atoms. The number of nitrogens with one attached hydrogen (secondary N) is 1. The third-order valence-electron chi connectivity index (χ3n) is 2.88. The van der Waals surface area contributed by atoms with Crippen molar-refractivity contribution in [2.75, 3.05) is 0 Å². The molecule has 2 rings (SSSR count). The lowest BCUT2D eigenvalue weighted by atomic mass is 10.1. The SMILES string of the molecule is NC(=S)C(NC(=O)c1c(F)cccc1F)c1ccccc1. The van der Waals surface area contributed by atoms with Gasteiger partial charge in [0.05, 0.1) is 0 Å². The van der Waals surface area contributed by atoms with E-state index in [0.29, 0.717) is 5.56 Å². The fourth-order valence-electron chi connectivity index (χ4n) is 1.88. The zero-order valence-electron chi connectivity index (χ0n) is 10.8. The molecule has 0 heterocycles. The summed E-state index contributed by atoms with van der Waals surface area (Å²) < 4.78 is 27.2. The molecule has 0 aliphatic carbocycles. The average Bonchev–Trinajstić information content (AvgIpc) is 2.45. The molecular formula is C15H12F2N2OS. The van der Waals surface area contributed by atoms with Crippen molar-refractivity contribution in [3.8, 4) is 0 Å². The fraction of sp³-hybridized carbons (Fsp3) is 0.0667. The maximum Gasteiger partial charge on any atom is 0.258 e. The quantitative estimate of drug-likeness (QED) is 0.854. The first-order chi connectivity index (χ1) is 10.0. The minimum absolute atomic E-state index is 0.00583. The van der Waals surface area contributed by atoms with Gasteiger partial charge in [0.15, 0.2) is 0 Å². The van der Waals surface area contributed by atoms with Crippen molar-refractivity contribution in [2.24, 2.45) is 5.73 Å². The Labute approximate surface area is 125 Å². The highest BCUT2D eigenvalue weighted by Gasteiger charge is 2.22. The van der Waals surface area contributed by atoms with Crippen LogP contribution in [0, 0.1) is 11.6 Å². The summed E-state index contributed by atoms with van der Waals surface area (Å²) in [7, 11) is 0. The molecule has 1 atom stereocenters. The molecule has 0 saturated carbocycles. The van der Waals surface area contributed by atoms with Crippen LogP contribution in [0.25, 0.3) is 0 Å². The minimum atomic E-state index is -0.942. The monoisotopic (exact) mass is 306 g/mol. The molecule has 0 aromatic heterocycles. The number of hydrogen-bond acceptors (Lipinski definition) is 2. The summed E-state index contributed by atoms with van der Waals surface area (Å²) in [5, 5.41) is 2.45. The normalized spacial score (nSPS) is 11.7. The number of amides is 1. The van der Waals surface area contributed by atoms with Gasteiger partial charge in [-0.15, -0.1) is 0 Å². The smallest absolute Gasteiger partial charge is 0.258 e. The molecule has 0 saturated heterocycles. The molecule has 0 aliphatic heterocycles. The van der Waals surface area contributed by atoms with E-state index >= 15 is 0 Å². The van der Waals surface area contributed by atoms with Crippen molar-refractivity contribution in [1.82, 2.24) is 5.32 Å². The van der Waals surface area contributed by atoms with Gasteiger partial charge < -0.3 is 11.1 Å². The van der Waals surface area contributed by atoms with Gasteiger partial charge in [0.25, 0.3) is 5.91 Å². The van der Waals surface area contributed by atoms with Gasteiger partial charge in [-0.05, 0) is 17.7 Å². The maximum absolute atomic E-state index is 13.6. The molecule has 108 valence electrons. The highest BCUT2D eigenvalue weighted by molar-refractivity contribution is 7.80. The van der Waals surface area contributed by atoms with E-state index in [1.165, 1.54) is 6.07 Å². The molecule has 3 N–H and O–H groups in total. The molecule has 0 aliphatic rings. The van der Waals surface area contributed by atoms with Crippen molar-refractivity contribution in [2.45, 2.75) is 6.04 Å². The lowest BCUT2D eigenvalue weighted by molar-refractivity contribution is 0.0938. The van der Waals surface area contributed by atoms with Crippen LogP contribution in [0.4, 0.5) is 8.78 Å². The maximum atomic E-state index is 13.6. The number of thiocarbonyl (C=S) groups is 1. The highest BCUT2D eigenvalue weighted by atomic mass is 32.1. The third-order valence-corrected chi connectivity index (χ3v) is 3.12. The minimum Gasteiger partial charge on any atom is -0.391 e. The summed E-state index contributed by atoms with van der Waals surface area (Å²) in [6.45, 7) is 0. The van der Waals surface area contributed by atoms with Crippen molar-refractivity contribution < 1.29 is 13.6 Å². The van der Waals surface area contributed by atoms with E-state index in [4.69, 9.17) is 18.0 Å². The van der Waals surface area contributed by atoms with Crippen LogP contribution in [-0.2, 0) is 0 Å². The van der Waals surface area contributed by atoms with E-state index in [1.807, 2.05) is 0 Å². The van der Waals surface area contributed by atoms with Gasteiger partial charge >= 0.3 is 0 Å². The number of halogens is 2. The molecule has 21 heavy (non-hydrogen) atoms. The molecule has 0 radical (unpaired) electrons. The second-order valence-corrected chi connectivity index (χ2v) is 4.79. The van der Waals surface area contributed by atoms with Gasteiger partial charge in [-0.25, -0.2) is 8.78 Å². The standard InChI is InChI=1S/C15H12F2N2OS/c16-10-7-4-8-11(17)12(10)15(20)19-13(14(18)21)9-5-2-1-3-6-9/h1-8,13H,(H2,18,21)(H,19,20). The zero-order valence-corrected chi connectivity index (χ0v) is 11.7. The number of hydrogen-bond donors (Lipinski definition) is 2. The Hall–Kier alpha value is -2.34. The van der Waals surface area contributed by atoms with Crippen LogP contribution >= 0.6 is 12.2 Å². The van der Waals surface area contributed by atoms with Gasteiger partial charge in [-0.2, -0.15) is 0 Å². The number of nitrogens with two attached hydrogens (primary N) is 1. The summed E-state index contributed by atoms with van der Waals surface area (Å²) in [6.07, 6.45) is 0. The fourth-order valence-corrected chi connectivity index (χ4v) is 2.08. The van der Waals surface area contributed by atoms with Gasteiger partial charge in [-0.1, -0.05) is 48.6 Å². The Morgan fingerprint density at radius 2 is 1.62 bits per heavy atom. The van der Waals surface area contributed by atoms with Crippen LogP contribution in [0.1, 0.15) is 22.0 Å². The van der Waals surface area contributed by atoms with Crippen molar-refractivity contribution in [1.29, 1.82) is 0 Å². The molecule has 0 bridgehead atoms. The summed E-state index contributed by atoms with van der Waals surface area (Å²) in [6, 6.07) is 11.1. The predicted molar refractivity (Wildman–Crippen MR) is 79.8 cm³/mol. The van der Waals surface area contributed by atoms with Crippen LogP contribution in [0.5, 0.6) is 0 Å².